The Morgan fingerprint density at radius 3 is 2.46 bits per heavy atom. The molecule has 194 valence electrons. The summed E-state index contributed by atoms with van der Waals surface area (Å²) in [7, 11) is 5.64. The Balaban J connectivity index is 1.61. The standard InChI is InChI=1S/C25H24ClN3O8/c1-34-17-7-13-11(22(35-2)23(17)36-3)6-14(27-13)24(32)29-9-10(26)5-12-15(29)8-16(30)19-18(12)21(31)20(28-19)25(33)37-4/h6-8,10,20,27-28,30H,5,9H2,1-4H3/t10-,20?/m0/s1. The number of halogens is 1. The van der Waals surface area contributed by atoms with Gasteiger partial charge in [0.15, 0.2) is 23.3 Å². The number of alkyl halides is 1. The maximum atomic E-state index is 13.8. The van der Waals surface area contributed by atoms with Crippen LogP contribution < -0.4 is 24.4 Å². The normalized spacial score (nSPS) is 18.2. The van der Waals surface area contributed by atoms with E-state index in [0.29, 0.717) is 39.4 Å². The van der Waals surface area contributed by atoms with Gasteiger partial charge in [0.1, 0.15) is 11.4 Å². The van der Waals surface area contributed by atoms with Crippen LogP contribution in [0.2, 0.25) is 0 Å². The summed E-state index contributed by atoms with van der Waals surface area (Å²) in [6, 6.07) is 3.42. The first-order chi connectivity index (χ1) is 17.7. The number of hydrogen-bond acceptors (Lipinski definition) is 9. The van der Waals surface area contributed by atoms with Crippen LogP contribution in [0.5, 0.6) is 23.0 Å². The van der Waals surface area contributed by atoms with Crippen molar-refractivity contribution in [3.8, 4) is 23.0 Å². The van der Waals surface area contributed by atoms with E-state index in [9.17, 15) is 19.5 Å². The van der Waals surface area contributed by atoms with Gasteiger partial charge in [-0.15, -0.1) is 11.6 Å². The zero-order chi connectivity index (χ0) is 26.6. The van der Waals surface area contributed by atoms with Crippen molar-refractivity contribution in [2.45, 2.75) is 17.8 Å². The van der Waals surface area contributed by atoms with E-state index < -0.39 is 29.1 Å². The van der Waals surface area contributed by atoms with Gasteiger partial charge in [-0.1, -0.05) is 0 Å². The number of ether oxygens (including phenoxy) is 4. The number of hydrogen-bond donors (Lipinski definition) is 3. The number of aromatic nitrogens is 1. The summed E-state index contributed by atoms with van der Waals surface area (Å²) in [4.78, 5) is 43.5. The summed E-state index contributed by atoms with van der Waals surface area (Å²) >= 11 is 6.55. The van der Waals surface area contributed by atoms with Crippen molar-refractivity contribution in [2.24, 2.45) is 0 Å². The molecule has 2 aliphatic heterocycles. The molecule has 5 rings (SSSR count). The Hall–Kier alpha value is -4.12. The van der Waals surface area contributed by atoms with Gasteiger partial charge in [0.05, 0.1) is 56.3 Å². The Morgan fingerprint density at radius 2 is 1.81 bits per heavy atom. The predicted octanol–water partition coefficient (Wildman–Crippen LogP) is 2.86. The number of ketones is 1. The van der Waals surface area contributed by atoms with E-state index in [0.717, 1.165) is 0 Å². The number of phenols is 1. The molecule has 0 saturated heterocycles. The summed E-state index contributed by atoms with van der Waals surface area (Å²) in [6.45, 7) is 0.132. The van der Waals surface area contributed by atoms with Crippen LogP contribution in [0.15, 0.2) is 18.2 Å². The van der Waals surface area contributed by atoms with Crippen LogP contribution in [0.4, 0.5) is 11.4 Å². The van der Waals surface area contributed by atoms with Crippen LogP contribution in [0.1, 0.15) is 26.4 Å². The number of anilines is 2. The number of carbonyl (C=O) groups is 3. The number of phenolic OH excluding ortho intramolecular Hbond substituents is 1. The molecule has 3 N–H and O–H groups in total. The summed E-state index contributed by atoms with van der Waals surface area (Å²) in [5, 5.41) is 13.5. The van der Waals surface area contributed by atoms with Crippen molar-refractivity contribution in [3.63, 3.8) is 0 Å². The number of H-pyrrole nitrogens is 1. The molecular formula is C25H24ClN3O8. The van der Waals surface area contributed by atoms with E-state index in [1.807, 2.05) is 0 Å². The highest BCUT2D eigenvalue weighted by Gasteiger charge is 2.43. The van der Waals surface area contributed by atoms with E-state index in [2.05, 4.69) is 10.3 Å². The average molecular weight is 530 g/mol. The van der Waals surface area contributed by atoms with Crippen molar-refractivity contribution in [2.75, 3.05) is 45.2 Å². The number of rotatable bonds is 5. The minimum atomic E-state index is -1.29. The van der Waals surface area contributed by atoms with E-state index in [1.54, 1.807) is 12.1 Å². The molecule has 1 aromatic heterocycles. The van der Waals surface area contributed by atoms with Crippen LogP contribution >= 0.6 is 11.6 Å². The molecule has 3 aromatic rings. The molecule has 0 spiro atoms. The zero-order valence-electron chi connectivity index (χ0n) is 20.4. The molecule has 2 atom stereocenters. The van der Waals surface area contributed by atoms with Crippen molar-refractivity contribution >= 4 is 51.5 Å². The summed E-state index contributed by atoms with van der Waals surface area (Å²) in [5.74, 6) is -0.852. The average Bonchev–Trinajstić information content (AvgIpc) is 3.48. The smallest absolute Gasteiger partial charge is 0.336 e. The number of benzene rings is 2. The van der Waals surface area contributed by atoms with Gasteiger partial charge >= 0.3 is 5.97 Å². The number of amides is 1. The first kappa shape index (κ1) is 24.6. The minimum absolute atomic E-state index is 0.117. The maximum Gasteiger partial charge on any atom is 0.336 e. The van der Waals surface area contributed by atoms with Gasteiger partial charge in [-0.25, -0.2) is 4.79 Å². The van der Waals surface area contributed by atoms with Crippen LogP contribution in [-0.2, 0) is 16.0 Å². The fourth-order valence-corrected chi connectivity index (χ4v) is 5.28. The van der Waals surface area contributed by atoms with E-state index in [1.165, 1.54) is 39.4 Å². The molecule has 0 radical (unpaired) electrons. The first-order valence-corrected chi connectivity index (χ1v) is 11.7. The predicted molar refractivity (Wildman–Crippen MR) is 135 cm³/mol. The highest BCUT2D eigenvalue weighted by atomic mass is 35.5. The fraction of sp³-hybridized carbons (Fsp3) is 0.320. The Labute approximate surface area is 216 Å². The Kier molecular flexibility index (Phi) is 6.03. The highest BCUT2D eigenvalue weighted by molar-refractivity contribution is 6.25. The zero-order valence-corrected chi connectivity index (χ0v) is 21.2. The molecule has 0 saturated carbocycles. The summed E-state index contributed by atoms with van der Waals surface area (Å²) in [5.41, 5.74) is 1.84. The highest BCUT2D eigenvalue weighted by Crippen LogP contribution is 2.46. The molecule has 0 fully saturated rings. The number of fused-ring (bicyclic) bond motifs is 4. The number of methoxy groups -OCH3 is 4. The monoisotopic (exact) mass is 529 g/mol. The number of esters is 1. The Bertz CT molecular complexity index is 1470. The molecule has 12 heteroatoms. The number of nitrogens with one attached hydrogen (secondary N) is 2. The van der Waals surface area contributed by atoms with Crippen molar-refractivity contribution in [3.05, 3.63) is 35.0 Å². The van der Waals surface area contributed by atoms with Crippen LogP contribution in [0, 0.1) is 0 Å². The lowest BCUT2D eigenvalue weighted by molar-refractivity contribution is -0.140. The van der Waals surface area contributed by atoms with E-state index in [-0.39, 0.29) is 35.7 Å². The molecule has 1 unspecified atom stereocenters. The van der Waals surface area contributed by atoms with Gasteiger partial charge in [-0.05, 0) is 18.1 Å². The molecule has 11 nitrogen and oxygen atoms in total. The minimum Gasteiger partial charge on any atom is -0.506 e. The van der Waals surface area contributed by atoms with Gasteiger partial charge in [0, 0.05) is 24.1 Å². The van der Waals surface area contributed by atoms with Crippen LogP contribution in [0.25, 0.3) is 10.9 Å². The van der Waals surface area contributed by atoms with Crippen LogP contribution in [0.3, 0.4) is 0 Å². The number of Topliss-reactive ketones (excluding diaryl/α,β-unsaturated/α-hetero) is 1. The second kappa shape index (κ2) is 9.07. The third-order valence-electron chi connectivity index (χ3n) is 6.62. The molecule has 0 bridgehead atoms. The second-order valence-corrected chi connectivity index (χ2v) is 9.23. The van der Waals surface area contributed by atoms with Gasteiger partial charge in [0.25, 0.3) is 5.91 Å². The molecule has 2 aromatic carbocycles. The Morgan fingerprint density at radius 1 is 1.08 bits per heavy atom. The molecule has 1 amide bonds. The van der Waals surface area contributed by atoms with Crippen molar-refractivity contribution in [1.29, 1.82) is 0 Å². The van der Waals surface area contributed by atoms with Crippen molar-refractivity contribution < 1.29 is 38.4 Å². The third kappa shape index (κ3) is 3.69. The number of nitrogens with zero attached hydrogens (tertiary/aromatic N) is 1. The lowest BCUT2D eigenvalue weighted by Crippen LogP contribution is -2.41. The summed E-state index contributed by atoms with van der Waals surface area (Å²) < 4.78 is 21.1. The number of aromatic amines is 1. The number of aromatic hydroxyl groups is 1. The quantitative estimate of drug-likeness (QED) is 0.197. The maximum absolute atomic E-state index is 13.8. The second-order valence-electron chi connectivity index (χ2n) is 8.61. The van der Waals surface area contributed by atoms with E-state index >= 15 is 0 Å². The van der Waals surface area contributed by atoms with Gasteiger partial charge in [-0.2, -0.15) is 0 Å². The van der Waals surface area contributed by atoms with Gasteiger partial charge in [-0.3, -0.25) is 9.59 Å². The molecule has 2 aliphatic rings. The molecule has 3 heterocycles. The first-order valence-electron chi connectivity index (χ1n) is 11.3. The topological polar surface area (TPSA) is 139 Å². The molecule has 37 heavy (non-hydrogen) atoms. The van der Waals surface area contributed by atoms with E-state index in [4.69, 9.17) is 30.5 Å². The molecule has 0 aliphatic carbocycles. The summed E-state index contributed by atoms with van der Waals surface area (Å²) in [6.07, 6.45) is 0.263. The van der Waals surface area contributed by atoms with Gasteiger partial charge < -0.3 is 39.3 Å². The number of carbonyl (C=O) groups excluding carboxylic acids is 3. The SMILES string of the molecule is COC(=O)C1Nc2c(O)cc3c(c2C1=O)C[C@H](Cl)CN3C(=O)c1cc2c(OC)c(OC)c(OC)cc2[nH]1. The molecular weight excluding hydrogens is 506 g/mol. The van der Waals surface area contributed by atoms with Gasteiger partial charge in [0.2, 0.25) is 5.75 Å². The van der Waals surface area contributed by atoms with Crippen LogP contribution in [-0.4, -0.2) is 74.2 Å². The third-order valence-corrected chi connectivity index (χ3v) is 6.92. The fourth-order valence-electron chi connectivity index (χ4n) is 4.99. The largest absolute Gasteiger partial charge is 0.506 e. The lowest BCUT2D eigenvalue weighted by Gasteiger charge is -2.33. The lowest BCUT2D eigenvalue weighted by atomic mass is 9.92. The van der Waals surface area contributed by atoms with Crippen molar-refractivity contribution in [1.82, 2.24) is 4.98 Å².